The van der Waals surface area contributed by atoms with Crippen molar-refractivity contribution in [3.8, 4) is 0 Å². The van der Waals surface area contributed by atoms with E-state index in [1.165, 1.54) is 12.5 Å². The highest BCUT2D eigenvalue weighted by Crippen LogP contribution is 2.38. The SMILES string of the molecule is C.C=S(C)(=O)N(C[C@@H](CCS(C)(=O)=O)O[C@@H](C)C(C)(C)C)C(C)(C)C.C=S(C)(=O)N(C[C@@H](COC(=O)CN(C)C)O[C@@H](C)C(C)(C)C)C(C)(C)C.C=S(C)(=O)N(C[C@@H](COC(=O)[C@@H](N)C(C)C)O[C@@H](C)C(C)(C)C)C(C)(C)C.C=S(C)(=O)N(C[C@@H](COC(=O)[C@H](C)N)O[C@@H](C)C(C)(C)C)C(C)(C)C.C=S(C)(=O)N(C[C@@H](COP(=O)(O)O)O[C@@H](C)C(C)(C)C)C(C)(C)C. The molecule has 0 heterocycles. The lowest BCUT2D eigenvalue weighted by Gasteiger charge is -2.40. The van der Waals surface area contributed by atoms with Crippen molar-refractivity contribution in [2.24, 2.45) is 44.5 Å². The van der Waals surface area contributed by atoms with Gasteiger partial charge in [0.05, 0.1) is 61.6 Å². The van der Waals surface area contributed by atoms with Gasteiger partial charge in [0.15, 0.2) is 0 Å². The Morgan fingerprint density at radius 3 is 0.748 bits per heavy atom. The molecule has 0 bridgehead atoms. The summed E-state index contributed by atoms with van der Waals surface area (Å²) in [5.41, 5.74) is 9.07. The largest absolute Gasteiger partial charge is 0.469 e. The molecule has 0 aromatic carbocycles. The van der Waals surface area contributed by atoms with E-state index in [1.54, 1.807) is 45.5 Å². The van der Waals surface area contributed by atoms with Gasteiger partial charge in [-0.1, -0.05) is 125 Å². The zero-order chi connectivity index (χ0) is 102. The van der Waals surface area contributed by atoms with E-state index in [9.17, 15) is 48.4 Å². The third-order valence-electron chi connectivity index (χ3n) is 20.3. The first-order valence-electron chi connectivity index (χ1n) is 43.2. The van der Waals surface area contributed by atoms with E-state index >= 15 is 0 Å². The van der Waals surface area contributed by atoms with E-state index in [2.05, 4.69) is 117 Å². The van der Waals surface area contributed by atoms with Crippen LogP contribution in [0.2, 0.25) is 0 Å². The van der Waals surface area contributed by atoms with Crippen LogP contribution in [-0.4, -0.2) is 337 Å². The molecular formula is C90H195N8O22PS6. The smallest absolute Gasteiger partial charge is 0.462 e. The van der Waals surface area contributed by atoms with Gasteiger partial charge in [-0.2, -0.15) is 0 Å². The fraction of sp³-hybridized carbons (Fsp3) is 0.911. The van der Waals surface area contributed by atoms with E-state index in [1.807, 2.05) is 200 Å². The number of carbonyl (C=O) groups excluding carboxylic acids is 3. The summed E-state index contributed by atoms with van der Waals surface area (Å²) < 4.78 is 158. The third-order valence-corrected chi connectivity index (χ3v) is 29.9. The highest BCUT2D eigenvalue weighted by molar-refractivity contribution is 7.98. The molecule has 37 heteroatoms. The van der Waals surface area contributed by atoms with Crippen LogP contribution in [0, 0.1) is 33.0 Å². The van der Waals surface area contributed by atoms with Crippen LogP contribution in [0.5, 0.6) is 0 Å². The number of nitrogens with zero attached hydrogens (tertiary/aromatic N) is 6. The Balaban J connectivity index is -0.000000360. The summed E-state index contributed by atoms with van der Waals surface area (Å²) in [5, 5.41) is 0. The quantitative estimate of drug-likeness (QED) is 0.0191. The van der Waals surface area contributed by atoms with Gasteiger partial charge in [-0.25, -0.2) is 34.5 Å². The summed E-state index contributed by atoms with van der Waals surface area (Å²) in [6.45, 7) is 77.4. The van der Waals surface area contributed by atoms with Crippen LogP contribution in [0.15, 0.2) is 0 Å². The molecule has 0 saturated carbocycles. The standard InChI is InChI=1S/C20H42N2O4S.C19H40N2O4S.C18H38N2O4S.C17H37NO4S2.C15H34NO6PS.CH4/c1-14(2)17(21)18(23)25-13-16(26-15(3)19(4,5)6)12-22(20(7,8)9)27(10,11)24;1-15(18(2,3)4)25-16(14-24-17(22)13-20(8)9)12-21(19(5,6)7)26(10,11)23;1-13(19)16(21)23-12-15(24-14(2)17(3,4)5)11-20(18(6,7)8)25(9,10)22;1-14(16(2,3)4)22-15(11-12-24(10,20)21)13-18(17(5,6)7)23(8,9)19;1-12(14(2,3)4)22-13(11-21-23(17,18)19)10-16(15(5,6)7)24(8,9)20;/h14-17H,10,12-13,21H2,1-9,11H3;15-16H,10,12-14H2,1-9,11H3;13-15H,9,11-12,19H2,1-8,10H3;14-15H,8,11-13H2,1-7,9-10H3;12-13H,8,10-11H2,1-7,9H3,(H2,17,18,19);1H4/t15-,16-,17-,27?;15-,16-,26?;13-,14-,15-,25?;14-,15+,23?;12-,13-,24?;/m00000./s1. The van der Waals surface area contributed by atoms with Gasteiger partial charge in [0, 0.05) is 146 Å². The van der Waals surface area contributed by atoms with Crippen molar-refractivity contribution >= 4 is 113 Å². The second-order valence-electron chi connectivity index (χ2n) is 45.2. The Labute approximate surface area is 780 Å². The highest BCUT2D eigenvalue weighted by Gasteiger charge is 2.40. The first-order chi connectivity index (χ1) is 54.9. The van der Waals surface area contributed by atoms with Crippen LogP contribution in [0.4, 0.5) is 0 Å². The molecule has 768 valence electrons. The minimum atomic E-state index is -4.61. The minimum absolute atomic E-state index is 0. The van der Waals surface area contributed by atoms with Crippen LogP contribution in [0.3, 0.4) is 0 Å². The Hall–Kier alpha value is -1.95. The lowest BCUT2D eigenvalue weighted by molar-refractivity contribution is -0.155. The Morgan fingerprint density at radius 2 is 0.567 bits per heavy atom. The van der Waals surface area contributed by atoms with Gasteiger partial charge in [-0.3, -0.25) is 44.9 Å². The average molecular weight is 1960 g/mol. The summed E-state index contributed by atoms with van der Waals surface area (Å²) in [6.07, 6.45) is 6.88. The molecule has 0 aromatic rings. The normalized spacial score (nSPS) is 18.7. The van der Waals surface area contributed by atoms with Gasteiger partial charge >= 0.3 is 25.7 Å². The maximum atomic E-state index is 12.7. The third kappa shape index (κ3) is 63.2. The van der Waals surface area contributed by atoms with Gasteiger partial charge in [0.2, 0.25) is 0 Å². The molecule has 0 amide bonds. The molecule has 0 fully saturated rings. The van der Waals surface area contributed by atoms with Crippen molar-refractivity contribution in [2.75, 3.05) is 123 Å². The maximum Gasteiger partial charge on any atom is 0.469 e. The average Bonchev–Trinajstić information content (AvgIpc) is 0.832. The van der Waals surface area contributed by atoms with Crippen molar-refractivity contribution in [1.82, 2.24) is 26.4 Å². The van der Waals surface area contributed by atoms with Gasteiger partial charge in [0.1, 0.15) is 60.1 Å². The monoisotopic (exact) mass is 1960 g/mol. The number of nitrogens with two attached hydrogens (primary N) is 2. The van der Waals surface area contributed by atoms with Crippen molar-refractivity contribution < 1.29 is 101 Å². The molecule has 6 N–H and O–H groups in total. The molecular weight excluding hydrogens is 1770 g/mol. The van der Waals surface area contributed by atoms with E-state index in [-0.39, 0.29) is 150 Å². The first-order valence-corrected chi connectivity index (χ1v) is 57.3. The van der Waals surface area contributed by atoms with Gasteiger partial charge in [-0.05, 0) is 228 Å². The fourth-order valence-electron chi connectivity index (χ4n) is 11.1. The van der Waals surface area contributed by atoms with Crippen molar-refractivity contribution in [3.63, 3.8) is 0 Å². The molecule has 5 unspecified atom stereocenters. The number of carbonyl (C=O) groups is 3. The first kappa shape index (κ1) is 136. The fourth-order valence-corrected chi connectivity index (χ4v) is 20.3. The number of likely N-dealkylation sites (N-methyl/N-ethyl adjacent to an activating group) is 1. The van der Waals surface area contributed by atoms with Crippen LogP contribution in [0.1, 0.15) is 277 Å². The van der Waals surface area contributed by atoms with Crippen LogP contribution >= 0.6 is 7.82 Å². The number of hydrogen-bond donors (Lipinski definition) is 4. The number of esters is 3. The van der Waals surface area contributed by atoms with E-state index < -0.39 is 120 Å². The summed E-state index contributed by atoms with van der Waals surface area (Å²) in [6, 6.07) is -1.37. The molecule has 0 rings (SSSR count). The van der Waals surface area contributed by atoms with Gasteiger partial charge in [0.25, 0.3) is 0 Å². The molecule has 0 aromatic heterocycles. The van der Waals surface area contributed by atoms with E-state index in [0.717, 1.165) is 0 Å². The molecule has 30 nitrogen and oxygen atoms in total. The van der Waals surface area contributed by atoms with Crippen LogP contribution < -0.4 is 11.5 Å². The van der Waals surface area contributed by atoms with E-state index in [4.69, 9.17) is 59.1 Å². The summed E-state index contributed by atoms with van der Waals surface area (Å²) in [4.78, 5) is 55.5. The number of phosphoric ester groups is 1. The summed E-state index contributed by atoms with van der Waals surface area (Å²) in [7, 11) is -16.4. The number of sulfone groups is 1. The summed E-state index contributed by atoms with van der Waals surface area (Å²) in [5.74, 6) is 17.8. The molecule has 0 saturated heterocycles. The Kier molecular flexibility index (Phi) is 57.4. The molecule has 127 heavy (non-hydrogen) atoms. The molecule has 0 spiro atoms. The zero-order valence-electron chi connectivity index (χ0n) is 87.8. The van der Waals surface area contributed by atoms with Crippen LogP contribution in [0.25, 0.3) is 0 Å². The second-order valence-corrected chi connectivity index (χ2v) is 60.5. The molecule has 0 aliphatic carbocycles. The van der Waals surface area contributed by atoms with Crippen molar-refractivity contribution in [2.45, 2.75) is 378 Å². The van der Waals surface area contributed by atoms with Gasteiger partial charge < -0.3 is 59.1 Å². The maximum absolute atomic E-state index is 12.7. The molecule has 0 aliphatic rings. The lowest BCUT2D eigenvalue weighted by Crippen LogP contribution is -2.51. The topological polar surface area (TPSA) is 383 Å². The second kappa shape index (κ2) is 53.7. The minimum Gasteiger partial charge on any atom is -0.462 e. The van der Waals surface area contributed by atoms with E-state index in [0.29, 0.717) is 32.6 Å². The summed E-state index contributed by atoms with van der Waals surface area (Å²) >= 11 is 0. The molecule has 0 aliphatic heterocycles. The predicted octanol–water partition coefficient (Wildman–Crippen LogP) is 12.5. The Bertz CT molecular complexity index is 3980. The predicted molar refractivity (Wildman–Crippen MR) is 544 cm³/mol. The zero-order valence-corrected chi connectivity index (χ0v) is 93.6. The number of ether oxygens (including phenoxy) is 8. The van der Waals surface area contributed by atoms with Crippen LogP contribution in [-0.2, 0) is 120 Å². The lowest BCUT2D eigenvalue weighted by atomic mass is 9.90. The number of hydrogen-bond acceptors (Lipinski definition) is 23. The molecule has 17 atom stereocenters. The van der Waals surface area contributed by atoms with Crippen molar-refractivity contribution in [3.05, 3.63) is 0 Å². The number of phosphoric acid groups is 1. The Morgan fingerprint density at radius 1 is 0.362 bits per heavy atom. The van der Waals surface area contributed by atoms with Crippen molar-refractivity contribution in [1.29, 1.82) is 0 Å². The van der Waals surface area contributed by atoms with Gasteiger partial charge in [-0.15, -0.1) is 0 Å². The number of rotatable bonds is 42. The molecule has 0 radical (unpaired) electrons. The highest BCUT2D eigenvalue weighted by atomic mass is 32.2.